The van der Waals surface area contributed by atoms with Crippen molar-refractivity contribution >= 4 is 0 Å². The molecule has 0 N–H and O–H groups in total. The highest BCUT2D eigenvalue weighted by molar-refractivity contribution is 5.02. The van der Waals surface area contributed by atoms with Gasteiger partial charge in [-0.1, -0.05) is 34.6 Å². The van der Waals surface area contributed by atoms with Gasteiger partial charge in [-0.15, -0.1) is 0 Å². The molecule has 0 spiro atoms. The molecule has 1 saturated carbocycles. The maximum absolute atomic E-state index is 2.66. The van der Waals surface area contributed by atoms with E-state index in [2.05, 4.69) is 25.7 Å². The van der Waals surface area contributed by atoms with Crippen LogP contribution < -0.4 is 0 Å². The highest BCUT2D eigenvalue weighted by Crippen LogP contribution is 2.46. The lowest BCUT2D eigenvalue weighted by molar-refractivity contribution is 0.148. The van der Waals surface area contributed by atoms with Crippen LogP contribution in [0.5, 0.6) is 0 Å². The molecule has 2 bridgehead atoms. The summed E-state index contributed by atoms with van der Waals surface area (Å²) in [6.07, 6.45) is 1.49. The zero-order chi connectivity index (χ0) is 11.3. The molecule has 3 aliphatic rings. The maximum atomic E-state index is 2.66. The molecule has 3 rings (SSSR count). The topological polar surface area (TPSA) is 3.24 Å². The lowest BCUT2D eigenvalue weighted by Gasteiger charge is -2.35. The first-order chi connectivity index (χ1) is 6.70. The summed E-state index contributed by atoms with van der Waals surface area (Å²) in [6.45, 7) is 16.4. The van der Waals surface area contributed by atoms with Crippen LogP contribution in [0.4, 0.5) is 0 Å². The Labute approximate surface area is 90.9 Å². The molecular formula is C13H29N. The lowest BCUT2D eigenvalue weighted by Crippen LogP contribution is -2.39. The predicted octanol–water partition coefficient (Wildman–Crippen LogP) is 3.79. The van der Waals surface area contributed by atoms with Crippen LogP contribution in [0.1, 0.15) is 54.9 Å². The van der Waals surface area contributed by atoms with Gasteiger partial charge in [0.25, 0.3) is 0 Å². The average molecular weight is 199 g/mol. The van der Waals surface area contributed by atoms with Gasteiger partial charge < -0.3 is 0 Å². The van der Waals surface area contributed by atoms with Gasteiger partial charge in [0.05, 0.1) is 0 Å². The molecule has 3 fully saturated rings. The molecule has 1 heteroatoms. The normalized spacial score (nSPS) is 33.9. The van der Waals surface area contributed by atoms with E-state index in [4.69, 9.17) is 0 Å². The van der Waals surface area contributed by atoms with Crippen molar-refractivity contribution in [3.63, 3.8) is 0 Å². The molecule has 2 aliphatic heterocycles. The molecule has 1 nitrogen and oxygen atoms in total. The predicted molar refractivity (Wildman–Crippen MR) is 65.6 cm³/mol. The Kier molecular flexibility index (Phi) is 6.43. The summed E-state index contributed by atoms with van der Waals surface area (Å²) in [5.74, 6) is 2.05. The van der Waals surface area contributed by atoms with E-state index in [9.17, 15) is 0 Å². The van der Waals surface area contributed by atoms with E-state index < -0.39 is 0 Å². The molecule has 0 aromatic heterocycles. The Morgan fingerprint density at radius 3 is 1.71 bits per heavy atom. The molecular weight excluding hydrogens is 170 g/mol. The molecule has 0 amide bonds. The standard InChI is InChI=1S/C9H17N.2C2H6/c1-6(2)10-5-8-4-9(10)7(8)3;2*1-2/h6-9H,4-5H2,1-3H3;2*1-2H3. The van der Waals surface area contributed by atoms with Crippen molar-refractivity contribution < 1.29 is 0 Å². The molecule has 0 radical (unpaired) electrons. The van der Waals surface area contributed by atoms with Crippen molar-refractivity contribution in [3.05, 3.63) is 0 Å². The third-order valence-corrected chi connectivity index (χ3v) is 3.43. The third-order valence-electron chi connectivity index (χ3n) is 3.43. The third kappa shape index (κ3) is 2.50. The van der Waals surface area contributed by atoms with Crippen LogP contribution in [0.2, 0.25) is 0 Å². The minimum atomic E-state index is 0.778. The Hall–Kier alpha value is -0.0400. The van der Waals surface area contributed by atoms with Crippen LogP contribution in [0.3, 0.4) is 0 Å². The fourth-order valence-electron chi connectivity index (χ4n) is 2.54. The highest BCUT2D eigenvalue weighted by atomic mass is 15.2. The van der Waals surface area contributed by atoms with Crippen LogP contribution in [0, 0.1) is 11.8 Å². The first kappa shape index (κ1) is 14.0. The largest absolute Gasteiger partial charge is 0.297 e. The molecule has 86 valence electrons. The molecule has 0 aromatic rings. The van der Waals surface area contributed by atoms with Crippen LogP contribution in [-0.2, 0) is 0 Å². The van der Waals surface area contributed by atoms with E-state index in [0.717, 1.165) is 23.9 Å². The van der Waals surface area contributed by atoms with Crippen molar-refractivity contribution in [1.29, 1.82) is 0 Å². The summed E-state index contributed by atoms with van der Waals surface area (Å²) in [6, 6.07) is 1.73. The molecule has 3 atom stereocenters. The second kappa shape index (κ2) is 6.44. The zero-order valence-corrected chi connectivity index (χ0v) is 11.2. The van der Waals surface area contributed by atoms with Crippen molar-refractivity contribution in [2.45, 2.75) is 67.0 Å². The maximum Gasteiger partial charge on any atom is 0.0130 e. The summed E-state index contributed by atoms with van der Waals surface area (Å²) in [4.78, 5) is 2.66. The Morgan fingerprint density at radius 2 is 1.57 bits per heavy atom. The fourth-order valence-corrected chi connectivity index (χ4v) is 2.54. The van der Waals surface area contributed by atoms with Crippen molar-refractivity contribution in [1.82, 2.24) is 4.90 Å². The summed E-state index contributed by atoms with van der Waals surface area (Å²) in [5, 5.41) is 0. The Bertz CT molecular complexity index is 142. The first-order valence-corrected chi connectivity index (χ1v) is 6.46. The average Bonchev–Trinajstić information content (AvgIpc) is 2.80. The SMILES string of the molecule is CC.CC.CC1C2CC1N(C(C)C)C2. The minimum Gasteiger partial charge on any atom is -0.297 e. The van der Waals surface area contributed by atoms with Gasteiger partial charge in [-0.3, -0.25) is 4.90 Å². The zero-order valence-electron chi connectivity index (χ0n) is 11.2. The van der Waals surface area contributed by atoms with Gasteiger partial charge in [0.2, 0.25) is 0 Å². The fraction of sp³-hybridized carbons (Fsp3) is 1.00. The van der Waals surface area contributed by atoms with Crippen molar-refractivity contribution in [2.24, 2.45) is 11.8 Å². The van der Waals surface area contributed by atoms with Gasteiger partial charge in [-0.25, -0.2) is 0 Å². The smallest absolute Gasteiger partial charge is 0.0130 e. The molecule has 0 aromatic carbocycles. The summed E-state index contributed by atoms with van der Waals surface area (Å²) in [7, 11) is 0. The van der Waals surface area contributed by atoms with Crippen LogP contribution in [0.25, 0.3) is 0 Å². The summed E-state index contributed by atoms with van der Waals surface area (Å²) in [5.41, 5.74) is 0. The van der Waals surface area contributed by atoms with Crippen LogP contribution >= 0.6 is 0 Å². The first-order valence-electron chi connectivity index (χ1n) is 6.46. The van der Waals surface area contributed by atoms with Gasteiger partial charge in [-0.05, 0) is 32.1 Å². The summed E-state index contributed by atoms with van der Waals surface area (Å²) < 4.78 is 0. The quantitative estimate of drug-likeness (QED) is 0.621. The van der Waals surface area contributed by atoms with Crippen LogP contribution in [0.15, 0.2) is 0 Å². The number of fused-ring (bicyclic) bond motifs is 1. The van der Waals surface area contributed by atoms with E-state index in [0.29, 0.717) is 0 Å². The van der Waals surface area contributed by atoms with E-state index in [-0.39, 0.29) is 0 Å². The van der Waals surface area contributed by atoms with Gasteiger partial charge in [-0.2, -0.15) is 0 Å². The van der Waals surface area contributed by atoms with Crippen molar-refractivity contribution in [3.8, 4) is 0 Å². The second-order valence-corrected chi connectivity index (χ2v) is 4.21. The lowest BCUT2D eigenvalue weighted by atomic mass is 9.75. The monoisotopic (exact) mass is 199 g/mol. The van der Waals surface area contributed by atoms with E-state index >= 15 is 0 Å². The van der Waals surface area contributed by atoms with Gasteiger partial charge >= 0.3 is 0 Å². The van der Waals surface area contributed by atoms with Gasteiger partial charge in [0.15, 0.2) is 0 Å². The minimum absolute atomic E-state index is 0.778. The molecule has 2 saturated heterocycles. The summed E-state index contributed by atoms with van der Waals surface area (Å²) >= 11 is 0. The molecule has 2 heterocycles. The Morgan fingerprint density at radius 1 is 1.07 bits per heavy atom. The number of hydrogen-bond acceptors (Lipinski definition) is 1. The van der Waals surface area contributed by atoms with E-state index in [1.54, 1.807) is 0 Å². The van der Waals surface area contributed by atoms with Crippen LogP contribution in [-0.4, -0.2) is 23.5 Å². The number of hydrogen-bond donors (Lipinski definition) is 0. The second-order valence-electron chi connectivity index (χ2n) is 4.21. The van der Waals surface area contributed by atoms with Gasteiger partial charge in [0.1, 0.15) is 0 Å². The number of nitrogens with zero attached hydrogens (tertiary/aromatic N) is 1. The van der Waals surface area contributed by atoms with E-state index in [1.807, 2.05) is 27.7 Å². The molecule has 14 heavy (non-hydrogen) atoms. The number of rotatable bonds is 1. The van der Waals surface area contributed by atoms with Gasteiger partial charge in [0, 0.05) is 18.6 Å². The highest BCUT2D eigenvalue weighted by Gasteiger charge is 2.49. The molecule has 3 unspecified atom stereocenters. The molecule has 1 aliphatic carbocycles. The Balaban J connectivity index is 0.000000379. The van der Waals surface area contributed by atoms with E-state index in [1.165, 1.54) is 13.0 Å². The van der Waals surface area contributed by atoms with Crippen molar-refractivity contribution in [2.75, 3.05) is 6.54 Å².